The molecule has 0 aromatic carbocycles. The van der Waals surface area contributed by atoms with Crippen LogP contribution in [0.15, 0.2) is 0 Å². The summed E-state index contributed by atoms with van der Waals surface area (Å²) in [4.78, 5) is 64.9. The topological polar surface area (TPSA) is 151 Å². The number of amides is 5. The smallest absolute Gasteiger partial charge is 0.315 e. The summed E-state index contributed by atoms with van der Waals surface area (Å²) < 4.78 is 0. The Bertz CT molecular complexity index is 840. The average Bonchev–Trinajstić information content (AvgIpc) is 3.41. The van der Waals surface area contributed by atoms with Crippen molar-refractivity contribution in [2.24, 2.45) is 28.9 Å². The van der Waals surface area contributed by atoms with Gasteiger partial charge in [0, 0.05) is 13.1 Å². The summed E-state index contributed by atoms with van der Waals surface area (Å²) in [5, 5.41) is 8.22. The van der Waals surface area contributed by atoms with Gasteiger partial charge in [0.25, 0.3) is 5.91 Å². The minimum atomic E-state index is -1.07. The molecule has 5 N–H and O–H groups in total. The first-order valence-corrected chi connectivity index (χ1v) is 12.5. The van der Waals surface area contributed by atoms with E-state index >= 15 is 0 Å². The van der Waals surface area contributed by atoms with E-state index in [0.717, 1.165) is 25.7 Å². The minimum Gasteiger partial charge on any atom is -0.363 e. The van der Waals surface area contributed by atoms with E-state index in [9.17, 15) is 24.0 Å². The molecule has 2 aliphatic carbocycles. The van der Waals surface area contributed by atoms with Gasteiger partial charge in [0.05, 0.1) is 6.04 Å². The van der Waals surface area contributed by atoms with E-state index < -0.39 is 47.2 Å². The van der Waals surface area contributed by atoms with Gasteiger partial charge in [-0.2, -0.15) is 0 Å². The van der Waals surface area contributed by atoms with Crippen LogP contribution in [0.4, 0.5) is 4.79 Å². The highest BCUT2D eigenvalue weighted by Crippen LogP contribution is 2.50. The van der Waals surface area contributed by atoms with Crippen LogP contribution >= 0.6 is 0 Å². The Labute approximate surface area is 201 Å². The fraction of sp³-hybridized carbons (Fsp3) is 0.792. The molecule has 3 rings (SSSR count). The number of rotatable bonds is 11. The van der Waals surface area contributed by atoms with Crippen molar-refractivity contribution in [2.75, 3.05) is 13.1 Å². The summed E-state index contributed by atoms with van der Waals surface area (Å²) >= 11 is 0. The Morgan fingerprint density at radius 1 is 1.09 bits per heavy atom. The van der Waals surface area contributed by atoms with Crippen LogP contribution in [-0.4, -0.2) is 65.7 Å². The largest absolute Gasteiger partial charge is 0.363 e. The highest BCUT2D eigenvalue weighted by molar-refractivity contribution is 6.37. The van der Waals surface area contributed by atoms with E-state index in [4.69, 9.17) is 5.73 Å². The monoisotopic (exact) mass is 477 g/mol. The molecule has 5 amide bonds. The van der Waals surface area contributed by atoms with Crippen LogP contribution in [0.3, 0.4) is 0 Å². The maximum absolute atomic E-state index is 13.7. The lowest BCUT2D eigenvalue weighted by Gasteiger charge is -2.38. The number of nitrogens with two attached hydrogens (primary N) is 1. The van der Waals surface area contributed by atoms with Gasteiger partial charge in [0.1, 0.15) is 12.1 Å². The van der Waals surface area contributed by atoms with Gasteiger partial charge in [0.15, 0.2) is 0 Å². The molecular weight excluding hydrogens is 438 g/mol. The molecule has 10 nitrogen and oxygen atoms in total. The molecule has 1 aliphatic heterocycles. The van der Waals surface area contributed by atoms with E-state index in [1.165, 1.54) is 0 Å². The predicted molar refractivity (Wildman–Crippen MR) is 125 cm³/mol. The molecule has 2 saturated carbocycles. The Morgan fingerprint density at radius 2 is 1.76 bits per heavy atom. The summed E-state index contributed by atoms with van der Waals surface area (Å²) in [6.45, 7) is 8.43. The number of nitrogens with one attached hydrogen (secondary N) is 3. The molecule has 0 bridgehead atoms. The summed E-state index contributed by atoms with van der Waals surface area (Å²) in [5.41, 5.74) is 4.70. The number of urea groups is 1. The van der Waals surface area contributed by atoms with Gasteiger partial charge in [-0.1, -0.05) is 40.0 Å². The van der Waals surface area contributed by atoms with Crippen molar-refractivity contribution < 1.29 is 24.0 Å². The molecule has 1 heterocycles. The van der Waals surface area contributed by atoms with E-state index in [0.29, 0.717) is 25.9 Å². The number of hydrogen-bond acceptors (Lipinski definition) is 5. The number of hydrogen-bond donors (Lipinski definition) is 4. The van der Waals surface area contributed by atoms with Crippen molar-refractivity contribution in [1.29, 1.82) is 0 Å². The number of likely N-dealkylation sites (tertiary alicyclic amines) is 1. The molecule has 0 unspecified atom stereocenters. The number of fused-ring (bicyclic) bond motifs is 1. The third kappa shape index (κ3) is 5.52. The van der Waals surface area contributed by atoms with Crippen LogP contribution in [0.2, 0.25) is 0 Å². The highest BCUT2D eigenvalue weighted by atomic mass is 16.2. The van der Waals surface area contributed by atoms with Gasteiger partial charge >= 0.3 is 6.03 Å². The van der Waals surface area contributed by atoms with Gasteiger partial charge < -0.3 is 26.6 Å². The first-order chi connectivity index (χ1) is 16.0. The van der Waals surface area contributed by atoms with Crippen molar-refractivity contribution in [3.8, 4) is 0 Å². The number of ketones is 1. The number of nitrogens with zero attached hydrogens (tertiary/aromatic N) is 1. The second-order valence-corrected chi connectivity index (χ2v) is 10.7. The fourth-order valence-electron chi connectivity index (χ4n) is 5.05. The van der Waals surface area contributed by atoms with E-state index in [2.05, 4.69) is 16.0 Å². The lowest BCUT2D eigenvalue weighted by atomic mass is 9.80. The lowest BCUT2D eigenvalue weighted by molar-refractivity contribution is -0.144. The second kappa shape index (κ2) is 10.3. The Hall–Kier alpha value is -2.65. The molecule has 0 spiro atoms. The summed E-state index contributed by atoms with van der Waals surface area (Å²) in [6, 6.07) is -2.94. The summed E-state index contributed by atoms with van der Waals surface area (Å²) in [7, 11) is 0. The second-order valence-electron chi connectivity index (χ2n) is 10.7. The zero-order chi connectivity index (χ0) is 25.2. The molecular formula is C24H39N5O5. The Balaban J connectivity index is 1.78. The van der Waals surface area contributed by atoms with Crippen LogP contribution in [0.25, 0.3) is 0 Å². The van der Waals surface area contributed by atoms with Crippen LogP contribution in [0.5, 0.6) is 0 Å². The molecule has 0 aromatic rings. The lowest BCUT2D eigenvalue weighted by Crippen LogP contribution is -2.61. The van der Waals surface area contributed by atoms with E-state index in [-0.39, 0.29) is 23.7 Å². The molecule has 0 aromatic heterocycles. The number of primary amides is 1. The molecule has 0 radical (unpaired) electrons. The average molecular weight is 478 g/mol. The maximum atomic E-state index is 13.7. The van der Waals surface area contributed by atoms with Crippen molar-refractivity contribution >= 4 is 29.5 Å². The van der Waals surface area contributed by atoms with Crippen LogP contribution in [0, 0.1) is 23.2 Å². The Morgan fingerprint density at radius 3 is 2.29 bits per heavy atom. The number of carbonyl (C=O) groups excluding carboxylic acids is 5. The van der Waals surface area contributed by atoms with Crippen molar-refractivity contribution in [3.05, 3.63) is 0 Å². The van der Waals surface area contributed by atoms with Crippen LogP contribution in [0.1, 0.15) is 66.2 Å². The van der Waals surface area contributed by atoms with Crippen molar-refractivity contribution in [1.82, 2.24) is 20.9 Å². The third-order valence-corrected chi connectivity index (χ3v) is 7.92. The first-order valence-electron chi connectivity index (χ1n) is 12.5. The maximum Gasteiger partial charge on any atom is 0.315 e. The number of piperidine rings is 1. The zero-order valence-electron chi connectivity index (χ0n) is 20.7. The van der Waals surface area contributed by atoms with Crippen LogP contribution < -0.4 is 21.7 Å². The summed E-state index contributed by atoms with van der Waals surface area (Å²) in [5.74, 6) is -2.07. The number of carbonyl (C=O) groups is 5. The van der Waals surface area contributed by atoms with Gasteiger partial charge in [-0.05, 0) is 49.4 Å². The van der Waals surface area contributed by atoms with Gasteiger partial charge in [-0.15, -0.1) is 0 Å². The standard InChI is InChI=1S/C24H39N5O5/c1-5-24(3,4)19(28-23(34)26-6-2)22(33)29-12-14-11-15(14)17(29)21(32)27-16(18(30)20(25)31)10-13-8-7-9-13/h13-17,19H,5-12H2,1-4H3,(H2,25,31)(H,27,32)(H2,26,28,34)/t14-,15-,16-,17-,19+/m0/s1. The van der Waals surface area contributed by atoms with Gasteiger partial charge in [-0.25, -0.2) is 4.79 Å². The predicted octanol–water partition coefficient (Wildman–Crippen LogP) is 0.687. The van der Waals surface area contributed by atoms with E-state index in [1.54, 1.807) is 11.8 Å². The minimum absolute atomic E-state index is 0.0202. The van der Waals surface area contributed by atoms with Gasteiger partial charge in [0.2, 0.25) is 17.6 Å². The molecule has 1 saturated heterocycles. The highest BCUT2D eigenvalue weighted by Gasteiger charge is 2.58. The quantitative estimate of drug-likeness (QED) is 0.323. The fourth-order valence-corrected chi connectivity index (χ4v) is 5.05. The molecule has 5 atom stereocenters. The molecule has 3 fully saturated rings. The zero-order valence-corrected chi connectivity index (χ0v) is 20.7. The van der Waals surface area contributed by atoms with Crippen LogP contribution in [-0.2, 0) is 19.2 Å². The molecule has 34 heavy (non-hydrogen) atoms. The van der Waals surface area contributed by atoms with E-state index in [1.807, 2.05) is 20.8 Å². The van der Waals surface area contributed by atoms with Crippen molar-refractivity contribution in [2.45, 2.75) is 84.3 Å². The number of Topliss-reactive ketones (excluding diaryl/α,β-unsaturated/α-hetero) is 1. The molecule has 3 aliphatic rings. The normalized spacial score (nSPS) is 25.4. The third-order valence-electron chi connectivity index (χ3n) is 7.92. The summed E-state index contributed by atoms with van der Waals surface area (Å²) in [6.07, 6.45) is 4.84. The SMILES string of the molecule is CCNC(=O)N[C@H](C(=O)N1C[C@@H]2C[C@@H]2[C@H]1C(=O)N[C@@H](CC1CCC1)C(=O)C(N)=O)C(C)(C)CC. The first kappa shape index (κ1) is 26.0. The van der Waals surface area contributed by atoms with Crippen molar-refractivity contribution in [3.63, 3.8) is 0 Å². The molecule has 10 heteroatoms. The Kier molecular flexibility index (Phi) is 7.88. The van der Waals surface area contributed by atoms with Gasteiger partial charge in [-0.3, -0.25) is 19.2 Å². The molecule has 190 valence electrons.